The molecule has 0 aliphatic carbocycles. The molecule has 0 spiro atoms. The van der Waals surface area contributed by atoms with E-state index >= 15 is 0 Å². The summed E-state index contributed by atoms with van der Waals surface area (Å²) in [7, 11) is 0. The Morgan fingerprint density at radius 2 is 2.05 bits per heavy atom. The van der Waals surface area contributed by atoms with Crippen LogP contribution in [-0.2, 0) is 12.1 Å². The number of halogens is 1. The van der Waals surface area contributed by atoms with Crippen molar-refractivity contribution in [1.82, 2.24) is 25.2 Å². The van der Waals surface area contributed by atoms with Crippen LogP contribution in [0.15, 0.2) is 31.8 Å². The van der Waals surface area contributed by atoms with E-state index in [0.717, 1.165) is 0 Å². The summed E-state index contributed by atoms with van der Waals surface area (Å²) in [5.41, 5.74) is 6.11. The minimum absolute atomic E-state index is 0.315. The maximum absolute atomic E-state index is 5.96. The molecule has 0 saturated carbocycles. The van der Waals surface area contributed by atoms with E-state index in [0.29, 0.717) is 34.4 Å². The molecule has 0 atom stereocenters. The van der Waals surface area contributed by atoms with Gasteiger partial charge in [0.05, 0.1) is 11.7 Å². The Hall–Kier alpha value is -2.00. The maximum atomic E-state index is 5.96. The summed E-state index contributed by atoms with van der Waals surface area (Å²) < 4.78 is 13.1. The standard InChI is InChI=1S/C12H13BrN6O2/c1-12(2,14)8-5-19(18-15-8)6-10-16-17-11(21-10)7-3-4-9(13)20-7/h3-5H,6,14H2,1-2H3. The van der Waals surface area contributed by atoms with Crippen LogP contribution in [0.25, 0.3) is 11.7 Å². The van der Waals surface area contributed by atoms with E-state index in [9.17, 15) is 0 Å². The van der Waals surface area contributed by atoms with Gasteiger partial charge in [-0.2, -0.15) is 0 Å². The molecule has 0 aliphatic heterocycles. The second-order valence-electron chi connectivity index (χ2n) is 5.13. The van der Waals surface area contributed by atoms with Gasteiger partial charge >= 0.3 is 0 Å². The fourth-order valence-corrected chi connectivity index (χ4v) is 1.96. The number of nitrogens with two attached hydrogens (primary N) is 1. The molecule has 0 unspecified atom stereocenters. The topological polar surface area (TPSA) is 109 Å². The van der Waals surface area contributed by atoms with Crippen LogP contribution in [-0.4, -0.2) is 25.2 Å². The lowest BCUT2D eigenvalue weighted by Crippen LogP contribution is -2.29. The largest absolute Gasteiger partial charge is 0.444 e. The summed E-state index contributed by atoms with van der Waals surface area (Å²) in [5.74, 6) is 1.22. The van der Waals surface area contributed by atoms with Gasteiger partial charge in [0.2, 0.25) is 5.89 Å². The van der Waals surface area contributed by atoms with Gasteiger partial charge in [-0.3, -0.25) is 0 Å². The van der Waals surface area contributed by atoms with E-state index in [1.165, 1.54) is 0 Å². The van der Waals surface area contributed by atoms with E-state index in [2.05, 4.69) is 36.4 Å². The van der Waals surface area contributed by atoms with Gasteiger partial charge in [0.1, 0.15) is 12.2 Å². The maximum Gasteiger partial charge on any atom is 0.283 e. The molecule has 0 bridgehead atoms. The fourth-order valence-electron chi connectivity index (χ4n) is 1.66. The van der Waals surface area contributed by atoms with Crippen molar-refractivity contribution in [2.24, 2.45) is 5.73 Å². The molecule has 3 heterocycles. The first-order valence-electron chi connectivity index (χ1n) is 6.19. The highest BCUT2D eigenvalue weighted by Gasteiger charge is 2.19. The highest BCUT2D eigenvalue weighted by atomic mass is 79.9. The van der Waals surface area contributed by atoms with Crippen LogP contribution in [0, 0.1) is 0 Å². The smallest absolute Gasteiger partial charge is 0.283 e. The molecule has 9 heteroatoms. The summed E-state index contributed by atoms with van der Waals surface area (Å²) in [6.07, 6.45) is 1.76. The Labute approximate surface area is 128 Å². The lowest BCUT2D eigenvalue weighted by atomic mass is 10.0. The van der Waals surface area contributed by atoms with Crippen molar-refractivity contribution in [2.75, 3.05) is 0 Å². The van der Waals surface area contributed by atoms with Crippen molar-refractivity contribution in [2.45, 2.75) is 25.9 Å². The monoisotopic (exact) mass is 352 g/mol. The first kappa shape index (κ1) is 14.0. The van der Waals surface area contributed by atoms with Gasteiger partial charge in [0.15, 0.2) is 10.4 Å². The lowest BCUT2D eigenvalue weighted by Gasteiger charge is -2.13. The molecular formula is C12H13BrN6O2. The Morgan fingerprint density at radius 3 is 2.67 bits per heavy atom. The molecule has 0 amide bonds. The van der Waals surface area contributed by atoms with Crippen LogP contribution in [0.3, 0.4) is 0 Å². The molecular weight excluding hydrogens is 340 g/mol. The molecule has 2 N–H and O–H groups in total. The van der Waals surface area contributed by atoms with Crippen molar-refractivity contribution in [1.29, 1.82) is 0 Å². The van der Waals surface area contributed by atoms with E-state index in [1.807, 2.05) is 13.8 Å². The average Bonchev–Trinajstić information content (AvgIpc) is 3.08. The van der Waals surface area contributed by atoms with E-state index in [4.69, 9.17) is 14.6 Å². The van der Waals surface area contributed by atoms with Crippen LogP contribution in [0.4, 0.5) is 0 Å². The normalized spacial score (nSPS) is 12.0. The van der Waals surface area contributed by atoms with Gasteiger partial charge in [-0.25, -0.2) is 4.68 Å². The molecule has 3 rings (SSSR count). The third kappa shape index (κ3) is 3.03. The quantitative estimate of drug-likeness (QED) is 0.763. The molecule has 3 aromatic heterocycles. The number of hydrogen-bond donors (Lipinski definition) is 1. The zero-order chi connectivity index (χ0) is 15.0. The Balaban J connectivity index is 1.77. The zero-order valence-corrected chi connectivity index (χ0v) is 13.0. The molecule has 8 nitrogen and oxygen atoms in total. The van der Waals surface area contributed by atoms with Crippen molar-refractivity contribution in [3.05, 3.63) is 34.6 Å². The highest BCUT2D eigenvalue weighted by molar-refractivity contribution is 9.10. The number of aromatic nitrogens is 5. The van der Waals surface area contributed by atoms with Crippen LogP contribution < -0.4 is 5.73 Å². The molecule has 0 fully saturated rings. The second-order valence-corrected chi connectivity index (χ2v) is 5.91. The van der Waals surface area contributed by atoms with Crippen molar-refractivity contribution in [3.63, 3.8) is 0 Å². The molecule has 0 aromatic carbocycles. The predicted molar refractivity (Wildman–Crippen MR) is 76.0 cm³/mol. The molecule has 3 aromatic rings. The Morgan fingerprint density at radius 1 is 1.24 bits per heavy atom. The molecule has 21 heavy (non-hydrogen) atoms. The van der Waals surface area contributed by atoms with Crippen molar-refractivity contribution >= 4 is 15.9 Å². The van der Waals surface area contributed by atoms with Crippen LogP contribution >= 0.6 is 15.9 Å². The van der Waals surface area contributed by atoms with Gasteiger partial charge in [0.25, 0.3) is 5.89 Å². The molecule has 0 aliphatic rings. The SMILES string of the molecule is CC(C)(N)c1cn(Cc2nnc(-c3ccc(Br)o3)o2)nn1. The number of hydrogen-bond acceptors (Lipinski definition) is 7. The molecule has 0 saturated heterocycles. The second kappa shape index (κ2) is 5.08. The summed E-state index contributed by atoms with van der Waals surface area (Å²) in [6.45, 7) is 4.04. The number of nitrogens with zero attached hydrogens (tertiary/aromatic N) is 5. The van der Waals surface area contributed by atoms with Gasteiger partial charge in [0, 0.05) is 0 Å². The molecule has 0 radical (unpaired) electrons. The van der Waals surface area contributed by atoms with E-state index in [-0.39, 0.29) is 0 Å². The number of rotatable bonds is 4. The summed E-state index contributed by atoms with van der Waals surface area (Å²) in [6, 6.07) is 3.50. The van der Waals surface area contributed by atoms with Gasteiger partial charge in [-0.15, -0.1) is 15.3 Å². The van der Waals surface area contributed by atoms with Gasteiger partial charge in [-0.1, -0.05) is 5.21 Å². The average molecular weight is 353 g/mol. The third-order valence-corrected chi connectivity index (χ3v) is 3.17. The zero-order valence-electron chi connectivity index (χ0n) is 11.4. The van der Waals surface area contributed by atoms with Gasteiger partial charge < -0.3 is 14.6 Å². The van der Waals surface area contributed by atoms with Crippen LogP contribution in [0.1, 0.15) is 25.4 Å². The highest BCUT2D eigenvalue weighted by Crippen LogP contribution is 2.24. The lowest BCUT2D eigenvalue weighted by molar-refractivity contribution is 0.451. The summed E-state index contributed by atoms with van der Waals surface area (Å²) in [4.78, 5) is 0. The Bertz CT molecular complexity index is 754. The summed E-state index contributed by atoms with van der Waals surface area (Å²) >= 11 is 3.22. The number of furan rings is 1. The van der Waals surface area contributed by atoms with Crippen LogP contribution in [0.5, 0.6) is 0 Å². The van der Waals surface area contributed by atoms with E-state index in [1.54, 1.807) is 23.0 Å². The summed E-state index contributed by atoms with van der Waals surface area (Å²) in [5, 5.41) is 15.9. The predicted octanol–water partition coefficient (Wildman–Crippen LogP) is 1.93. The third-order valence-electron chi connectivity index (χ3n) is 2.75. The minimum atomic E-state index is -0.543. The fraction of sp³-hybridized carbons (Fsp3) is 0.333. The van der Waals surface area contributed by atoms with E-state index < -0.39 is 5.54 Å². The van der Waals surface area contributed by atoms with Crippen molar-refractivity contribution < 1.29 is 8.83 Å². The van der Waals surface area contributed by atoms with Gasteiger partial charge in [-0.05, 0) is 41.9 Å². The molecule has 110 valence electrons. The minimum Gasteiger partial charge on any atom is -0.444 e. The first-order chi connectivity index (χ1) is 9.91. The van der Waals surface area contributed by atoms with Crippen molar-refractivity contribution in [3.8, 4) is 11.7 Å². The van der Waals surface area contributed by atoms with Crippen LogP contribution in [0.2, 0.25) is 0 Å². The Kier molecular flexibility index (Phi) is 3.38. The first-order valence-corrected chi connectivity index (χ1v) is 6.99.